The second kappa shape index (κ2) is 21.5. The summed E-state index contributed by atoms with van der Waals surface area (Å²) in [5.41, 5.74) is 0.261. The molecule has 0 saturated carbocycles. The molecule has 72 heavy (non-hydrogen) atoms. The zero-order chi connectivity index (χ0) is 51.8. The molecule has 2 aliphatic rings. The number of rotatable bonds is 17. The van der Waals surface area contributed by atoms with Gasteiger partial charge in [-0.25, -0.2) is 16.8 Å². The number of hydrogen-bond donors (Lipinski definition) is 1. The first kappa shape index (κ1) is 53.4. The van der Waals surface area contributed by atoms with E-state index >= 15 is 0 Å². The SMILES string of the molecule is Cc1c(S(C)(=O)=O)c(-c2cccc(N3CCN(c4ccc(N5CCO[P@@]5(=O)c5ccc(N[C@H](CCN(C)C)CSc6ccccc6)c(S(=O)(=O)C(F)(F)F)c5)cc4)CC3)c2)c(-c2ccc(Cl)cc2)n1C(C)C. The van der Waals surface area contributed by atoms with Crippen molar-refractivity contribution in [3.8, 4) is 22.4 Å². The van der Waals surface area contributed by atoms with Crippen LogP contribution in [-0.2, 0) is 28.8 Å². The summed E-state index contributed by atoms with van der Waals surface area (Å²) in [7, 11) is -9.89. The van der Waals surface area contributed by atoms with Crippen LogP contribution in [0.15, 0.2) is 136 Å². The molecule has 12 nitrogen and oxygen atoms in total. The molecular weight excluding hydrogens is 1020 g/mol. The Kier molecular flexibility index (Phi) is 15.9. The quantitative estimate of drug-likeness (QED) is 0.0691. The molecule has 1 N–H and O–H groups in total. The maximum Gasteiger partial charge on any atom is 0.501 e. The fraction of sp³-hybridized carbons (Fsp3) is 0.346. The van der Waals surface area contributed by atoms with Gasteiger partial charge < -0.3 is 29.1 Å². The summed E-state index contributed by atoms with van der Waals surface area (Å²) in [4.78, 5) is 6.67. The molecule has 0 radical (unpaired) electrons. The summed E-state index contributed by atoms with van der Waals surface area (Å²) in [6.07, 6.45) is 1.76. The van der Waals surface area contributed by atoms with E-state index in [9.17, 15) is 34.6 Å². The van der Waals surface area contributed by atoms with Crippen LogP contribution in [0.1, 0.15) is 32.0 Å². The summed E-state index contributed by atoms with van der Waals surface area (Å²) < 4.78 is 121. The summed E-state index contributed by atoms with van der Waals surface area (Å²) in [5, 5.41) is 3.52. The molecule has 3 heterocycles. The fourth-order valence-corrected chi connectivity index (χ4v) is 15.1. The molecule has 384 valence electrons. The number of hydrogen-bond acceptors (Lipinski definition) is 11. The van der Waals surface area contributed by atoms with Gasteiger partial charge in [0.15, 0.2) is 9.84 Å². The van der Waals surface area contributed by atoms with Gasteiger partial charge in [-0.15, -0.1) is 11.8 Å². The predicted octanol–water partition coefficient (Wildman–Crippen LogP) is 11.3. The summed E-state index contributed by atoms with van der Waals surface area (Å²) in [5.74, 6) is 0.441. The molecule has 2 saturated heterocycles. The Bertz CT molecular complexity index is 3170. The van der Waals surface area contributed by atoms with Crippen molar-refractivity contribution < 1.29 is 39.1 Å². The molecule has 8 rings (SSSR count). The lowest BCUT2D eigenvalue weighted by atomic mass is 10.00. The lowest BCUT2D eigenvalue weighted by Gasteiger charge is -2.37. The van der Waals surface area contributed by atoms with Crippen molar-refractivity contribution in [2.75, 3.05) is 91.8 Å². The van der Waals surface area contributed by atoms with E-state index in [1.807, 2.05) is 113 Å². The number of thioether (sulfide) groups is 1. The molecule has 6 aromatic rings. The first-order valence-electron chi connectivity index (χ1n) is 23.6. The van der Waals surface area contributed by atoms with Gasteiger partial charge in [-0.1, -0.05) is 54.1 Å². The molecule has 2 fully saturated rings. The number of alkyl halides is 3. The molecule has 0 bridgehead atoms. The first-order chi connectivity index (χ1) is 34.1. The van der Waals surface area contributed by atoms with Crippen LogP contribution in [0.4, 0.5) is 35.9 Å². The summed E-state index contributed by atoms with van der Waals surface area (Å²) in [6, 6.07) is 35.4. The Morgan fingerprint density at radius 2 is 1.43 bits per heavy atom. The van der Waals surface area contributed by atoms with Crippen LogP contribution in [0.2, 0.25) is 5.02 Å². The van der Waals surface area contributed by atoms with Gasteiger partial charge in [-0.05, 0) is 138 Å². The minimum absolute atomic E-state index is 0.00797. The molecule has 0 amide bonds. The Labute approximate surface area is 430 Å². The monoisotopic (exact) mass is 1080 g/mol. The lowest BCUT2D eigenvalue weighted by molar-refractivity contribution is -0.0435. The predicted molar refractivity (Wildman–Crippen MR) is 287 cm³/mol. The largest absolute Gasteiger partial charge is 0.501 e. The van der Waals surface area contributed by atoms with E-state index in [2.05, 4.69) is 25.8 Å². The third-order valence-electron chi connectivity index (χ3n) is 12.9. The average molecular weight is 1080 g/mol. The number of piperazine rings is 1. The summed E-state index contributed by atoms with van der Waals surface area (Å²) >= 11 is 7.79. The molecule has 0 spiro atoms. The van der Waals surface area contributed by atoms with Crippen molar-refractivity contribution in [2.24, 2.45) is 0 Å². The van der Waals surface area contributed by atoms with Crippen molar-refractivity contribution >= 4 is 78.6 Å². The normalized spacial score (nSPS) is 17.3. The highest BCUT2D eigenvalue weighted by Crippen LogP contribution is 2.56. The van der Waals surface area contributed by atoms with Crippen LogP contribution in [0.25, 0.3) is 22.4 Å². The Balaban J connectivity index is 1.01. The van der Waals surface area contributed by atoms with Gasteiger partial charge in [0.1, 0.15) is 4.90 Å². The molecule has 1 aromatic heterocycles. The maximum absolute atomic E-state index is 14.9. The van der Waals surface area contributed by atoms with Crippen molar-refractivity contribution in [2.45, 2.75) is 59.5 Å². The van der Waals surface area contributed by atoms with E-state index in [0.717, 1.165) is 39.2 Å². The van der Waals surface area contributed by atoms with E-state index in [4.69, 9.17) is 16.1 Å². The van der Waals surface area contributed by atoms with Crippen molar-refractivity contribution in [3.63, 3.8) is 0 Å². The molecule has 2 atom stereocenters. The molecular formula is C52H59ClF3N6O6PS3. The molecule has 2 aliphatic heterocycles. The third kappa shape index (κ3) is 11.2. The van der Waals surface area contributed by atoms with Gasteiger partial charge in [0, 0.05) is 88.5 Å². The number of nitrogens with one attached hydrogen (secondary N) is 1. The minimum Gasteiger partial charge on any atom is -0.380 e. The lowest BCUT2D eigenvalue weighted by Crippen LogP contribution is -2.46. The highest BCUT2D eigenvalue weighted by molar-refractivity contribution is 7.99. The van der Waals surface area contributed by atoms with E-state index < -0.39 is 43.6 Å². The van der Waals surface area contributed by atoms with Gasteiger partial charge >= 0.3 is 13.0 Å². The molecule has 5 aromatic carbocycles. The topological polar surface area (TPSA) is 124 Å². The highest BCUT2D eigenvalue weighted by atomic mass is 35.5. The minimum atomic E-state index is -5.90. The van der Waals surface area contributed by atoms with Crippen molar-refractivity contribution in [1.82, 2.24) is 9.47 Å². The number of sulfone groups is 2. The Morgan fingerprint density at radius 1 is 0.792 bits per heavy atom. The van der Waals surface area contributed by atoms with Crippen LogP contribution < -0.4 is 25.1 Å². The number of anilines is 4. The van der Waals surface area contributed by atoms with Gasteiger partial charge in [0.25, 0.3) is 9.84 Å². The smallest absolute Gasteiger partial charge is 0.380 e. The number of nitrogens with zero attached hydrogens (tertiary/aromatic N) is 5. The second-order valence-corrected chi connectivity index (χ2v) is 26.3. The second-order valence-electron chi connectivity index (χ2n) is 18.6. The van der Waals surface area contributed by atoms with E-state index in [1.54, 1.807) is 24.3 Å². The number of benzene rings is 5. The molecule has 0 aliphatic carbocycles. The van der Waals surface area contributed by atoms with Crippen LogP contribution in [0.5, 0.6) is 0 Å². The Hall–Kier alpha value is -4.94. The summed E-state index contributed by atoms with van der Waals surface area (Å²) in [6.45, 7) is 9.31. The maximum atomic E-state index is 14.9. The van der Waals surface area contributed by atoms with Gasteiger partial charge in [-0.3, -0.25) is 9.24 Å². The van der Waals surface area contributed by atoms with E-state index in [0.29, 0.717) is 71.8 Å². The first-order valence-corrected chi connectivity index (χ1v) is 29.9. The Morgan fingerprint density at radius 3 is 2.04 bits per heavy atom. The standard InChI is InChI=1S/C52H59ClF3N6O6PS3/c1-36(2)62-37(3)51(71(6,64)65)49(50(62)38-15-17-40(53)18-16-38)39-11-10-12-44(33-39)60-29-27-59(28-30-60)42-19-21-43(22-20-42)61-31-32-68-69(61,63)45-23-24-47(48(34-45)72(66,67)52(54,55)56)57-41(25-26-58(4)5)35-70-46-13-8-7-9-14-46/h7-24,33-34,36,41,57H,25-32,35H2,1-6H3/t41-,69+/m1/s1. The van der Waals surface area contributed by atoms with Gasteiger partial charge in [0.05, 0.1) is 34.7 Å². The third-order valence-corrected chi connectivity index (χ3v) is 19.7. The number of aromatic nitrogens is 1. The average Bonchev–Trinajstić information content (AvgIpc) is 3.90. The number of halogens is 4. The fourth-order valence-electron chi connectivity index (χ4n) is 9.51. The van der Waals surface area contributed by atoms with Crippen molar-refractivity contribution in [3.05, 3.63) is 132 Å². The van der Waals surface area contributed by atoms with Gasteiger partial charge in [0.2, 0.25) is 0 Å². The van der Waals surface area contributed by atoms with Crippen LogP contribution in [-0.4, -0.2) is 110 Å². The van der Waals surface area contributed by atoms with E-state index in [1.165, 1.54) is 34.8 Å². The van der Waals surface area contributed by atoms with E-state index in [-0.39, 0.29) is 30.2 Å². The van der Waals surface area contributed by atoms with Crippen LogP contribution >= 0.6 is 30.9 Å². The zero-order valence-corrected chi connectivity index (χ0v) is 45.0. The molecule has 0 unspecified atom stereocenters. The van der Waals surface area contributed by atoms with Crippen LogP contribution in [0, 0.1) is 6.92 Å². The zero-order valence-electron chi connectivity index (χ0n) is 40.9. The van der Waals surface area contributed by atoms with Gasteiger partial charge in [-0.2, -0.15) is 13.2 Å². The highest BCUT2D eigenvalue weighted by Gasteiger charge is 2.49. The van der Waals surface area contributed by atoms with Crippen LogP contribution in [0.3, 0.4) is 0 Å². The van der Waals surface area contributed by atoms with Crippen molar-refractivity contribution in [1.29, 1.82) is 0 Å². The molecule has 20 heteroatoms.